The van der Waals surface area contributed by atoms with Gasteiger partial charge in [0.05, 0.1) is 24.2 Å². The van der Waals surface area contributed by atoms with Crippen molar-refractivity contribution in [3.8, 4) is 0 Å². The van der Waals surface area contributed by atoms with Crippen molar-refractivity contribution in [3.05, 3.63) is 35.2 Å². The van der Waals surface area contributed by atoms with Crippen molar-refractivity contribution in [2.24, 2.45) is 0 Å². The van der Waals surface area contributed by atoms with Gasteiger partial charge in [-0.25, -0.2) is 48.8 Å². The van der Waals surface area contributed by atoms with Crippen molar-refractivity contribution in [1.29, 1.82) is 0 Å². The second-order valence-corrected chi connectivity index (χ2v) is 17.2. The predicted octanol–water partition coefficient (Wildman–Crippen LogP) is 1.91. The van der Waals surface area contributed by atoms with Gasteiger partial charge in [0, 0.05) is 13.1 Å². The molecular weight excluding hydrogens is 752 g/mol. The zero-order valence-electron chi connectivity index (χ0n) is 34.5. The van der Waals surface area contributed by atoms with Crippen LogP contribution in [0.3, 0.4) is 0 Å². The maximum Gasteiger partial charge on any atom is 0.408 e. The average molecular weight is 807 g/mol. The summed E-state index contributed by atoms with van der Waals surface area (Å²) in [5, 5.41) is 19.2. The van der Waals surface area contributed by atoms with Gasteiger partial charge in [0.2, 0.25) is 0 Å². The van der Waals surface area contributed by atoms with E-state index in [1.165, 1.54) is 16.1 Å². The number of carbonyl (C=O) groups excluding carboxylic acids is 7. The number of hydrogen-bond donors (Lipinski definition) is 3. The number of carboxylic acids is 1. The van der Waals surface area contributed by atoms with E-state index in [2.05, 4.69) is 17.2 Å². The van der Waals surface area contributed by atoms with E-state index < -0.39 is 82.4 Å². The molecule has 0 unspecified atom stereocenters. The van der Waals surface area contributed by atoms with Gasteiger partial charge < -0.3 is 39.4 Å². The van der Waals surface area contributed by atoms with Crippen molar-refractivity contribution in [2.45, 2.75) is 118 Å². The van der Waals surface area contributed by atoms with Crippen LogP contribution in [0.5, 0.6) is 0 Å². The summed E-state index contributed by atoms with van der Waals surface area (Å²) in [5.74, 6) is -4.99. The lowest BCUT2D eigenvalue weighted by molar-refractivity contribution is -0.156. The quantitative estimate of drug-likeness (QED) is 0.180. The standard InChI is InChI=1S/C20H29N3O7.C17H25N3O7/c1-8-9-28-16(25)12-10-22-11-13(21-18(27)30-20(5,6)7)15(24)23(22)14(12)17(26)29-19(2,3)4;1-16(2,3)26-14(24)11-9(13(22)23)7-19-8-10(12(21)20(11)19)18-15(25)27-17(4,5)6/h8,13H,1,9-11H2,2-7H3,(H,21,27);10H,7-8H2,1-6H3,(H,18,25)(H,22,23)/t13-;10-/m00/s1. The minimum absolute atomic E-state index is 0.00941. The molecule has 4 rings (SSSR count). The van der Waals surface area contributed by atoms with Crippen molar-refractivity contribution < 1.29 is 67.1 Å². The molecule has 2 saturated heterocycles. The van der Waals surface area contributed by atoms with Gasteiger partial charge in [-0.2, -0.15) is 0 Å². The largest absolute Gasteiger partial charge is 0.478 e. The number of alkyl carbamates (subject to hydrolysis) is 2. The molecule has 0 radical (unpaired) electrons. The number of esters is 3. The smallest absolute Gasteiger partial charge is 0.408 e. The summed E-state index contributed by atoms with van der Waals surface area (Å²) < 4.78 is 26.0. The van der Waals surface area contributed by atoms with Gasteiger partial charge >= 0.3 is 36.1 Å². The second kappa shape index (κ2) is 16.9. The molecule has 4 heterocycles. The molecule has 0 saturated carbocycles. The van der Waals surface area contributed by atoms with Crippen LogP contribution in [0.15, 0.2) is 35.2 Å². The van der Waals surface area contributed by atoms with Crippen molar-refractivity contribution in [2.75, 3.05) is 32.8 Å². The molecule has 0 bridgehead atoms. The van der Waals surface area contributed by atoms with Gasteiger partial charge in [-0.15, -0.1) is 0 Å². The van der Waals surface area contributed by atoms with E-state index >= 15 is 0 Å². The zero-order chi connectivity index (χ0) is 43.6. The zero-order valence-corrected chi connectivity index (χ0v) is 34.5. The monoisotopic (exact) mass is 806 g/mol. The van der Waals surface area contributed by atoms with Crippen LogP contribution in [0.2, 0.25) is 0 Å². The molecule has 0 aromatic rings. The van der Waals surface area contributed by atoms with E-state index in [1.807, 2.05) is 0 Å². The molecule has 20 heteroatoms. The van der Waals surface area contributed by atoms with Gasteiger partial charge in [-0.3, -0.25) is 9.59 Å². The van der Waals surface area contributed by atoms with E-state index in [0.717, 1.165) is 10.0 Å². The number of nitrogens with one attached hydrogen (secondary N) is 2. The van der Waals surface area contributed by atoms with Gasteiger partial charge in [0.1, 0.15) is 41.1 Å². The topological polar surface area (TPSA) is 240 Å². The Hall–Kier alpha value is -5.50. The highest BCUT2D eigenvalue weighted by Crippen LogP contribution is 2.33. The lowest BCUT2D eigenvalue weighted by Gasteiger charge is -2.24. The van der Waals surface area contributed by atoms with Crippen molar-refractivity contribution >= 4 is 47.9 Å². The summed E-state index contributed by atoms with van der Waals surface area (Å²) in [6.45, 7) is 23.4. The maximum absolute atomic E-state index is 13.0. The van der Waals surface area contributed by atoms with Crippen LogP contribution in [0, 0.1) is 0 Å². The molecule has 0 aromatic carbocycles. The summed E-state index contributed by atoms with van der Waals surface area (Å²) in [4.78, 5) is 99.0. The van der Waals surface area contributed by atoms with E-state index in [9.17, 15) is 43.5 Å². The molecule has 2 atom stereocenters. The number of nitrogens with zero attached hydrogens (tertiary/aromatic N) is 4. The molecule has 0 aliphatic carbocycles. The van der Waals surface area contributed by atoms with Crippen LogP contribution in [-0.4, -0.2) is 140 Å². The molecule has 0 aromatic heterocycles. The fourth-order valence-electron chi connectivity index (χ4n) is 5.60. The number of hydrogen-bond acceptors (Lipinski definition) is 15. The highest BCUT2D eigenvalue weighted by molar-refractivity contribution is 6.06. The van der Waals surface area contributed by atoms with Crippen LogP contribution in [-0.2, 0) is 52.5 Å². The molecule has 20 nitrogen and oxygen atoms in total. The maximum atomic E-state index is 13.0. The van der Waals surface area contributed by atoms with Gasteiger partial charge in [-0.05, 0) is 83.1 Å². The van der Waals surface area contributed by atoms with Gasteiger partial charge in [0.25, 0.3) is 11.8 Å². The summed E-state index contributed by atoms with van der Waals surface area (Å²) in [7, 11) is 0. The first kappa shape index (κ1) is 45.9. The predicted molar refractivity (Wildman–Crippen MR) is 198 cm³/mol. The molecule has 316 valence electrons. The summed E-state index contributed by atoms with van der Waals surface area (Å²) in [5.41, 5.74) is -3.94. The number of hydrazine groups is 2. The van der Waals surface area contributed by atoms with Crippen molar-refractivity contribution in [3.63, 3.8) is 0 Å². The van der Waals surface area contributed by atoms with Crippen LogP contribution in [0.4, 0.5) is 9.59 Å². The van der Waals surface area contributed by atoms with E-state index in [1.54, 1.807) is 83.1 Å². The molecule has 4 aliphatic heterocycles. The van der Waals surface area contributed by atoms with Gasteiger partial charge in [0.15, 0.2) is 11.4 Å². The van der Waals surface area contributed by atoms with Crippen LogP contribution in [0.25, 0.3) is 0 Å². The SMILES string of the molecule is C=CCOC(=O)C1=C(C(=O)OC(C)(C)C)N2C(=O)[C@@H](NC(=O)OC(C)(C)C)CN2C1.CC(C)(C)OC(=O)N[C@H]1CN2CC(C(=O)O)=C(C(=O)OC(C)(C)C)N2C1=O. The Kier molecular flexibility index (Phi) is 13.6. The number of ether oxygens (including phenoxy) is 5. The Balaban J connectivity index is 0.000000307. The van der Waals surface area contributed by atoms with Crippen LogP contribution in [0.1, 0.15) is 83.1 Å². The first-order valence-electron chi connectivity index (χ1n) is 18.0. The molecule has 57 heavy (non-hydrogen) atoms. The average Bonchev–Trinajstić information content (AvgIpc) is 3.73. The number of aliphatic carboxylic acids is 1. The highest BCUT2D eigenvalue weighted by Gasteiger charge is 2.52. The summed E-state index contributed by atoms with van der Waals surface area (Å²) in [6, 6.07) is -1.91. The fourth-order valence-corrected chi connectivity index (χ4v) is 5.60. The van der Waals surface area contributed by atoms with E-state index in [4.69, 9.17) is 23.7 Å². The van der Waals surface area contributed by atoms with Crippen LogP contribution >= 0.6 is 0 Å². The Morgan fingerprint density at radius 1 is 0.632 bits per heavy atom. The molecular formula is C37H54N6O14. The third-order valence-corrected chi connectivity index (χ3v) is 7.45. The van der Waals surface area contributed by atoms with E-state index in [0.29, 0.717) is 0 Å². The minimum atomic E-state index is -1.31. The van der Waals surface area contributed by atoms with Crippen LogP contribution < -0.4 is 10.6 Å². The lowest BCUT2D eigenvalue weighted by atomic mass is 10.1. The molecule has 4 amide bonds. The third kappa shape index (κ3) is 12.2. The number of rotatable bonds is 8. The lowest BCUT2D eigenvalue weighted by Crippen LogP contribution is -2.45. The molecule has 2 fully saturated rings. The van der Waals surface area contributed by atoms with E-state index in [-0.39, 0.29) is 55.3 Å². The Morgan fingerprint density at radius 3 is 1.32 bits per heavy atom. The Morgan fingerprint density at radius 2 is 0.982 bits per heavy atom. The fraction of sp³-hybridized carbons (Fsp3) is 0.622. The summed E-state index contributed by atoms with van der Waals surface area (Å²) >= 11 is 0. The first-order valence-corrected chi connectivity index (χ1v) is 18.0. The number of amides is 4. The number of fused-ring (bicyclic) bond motifs is 2. The number of carboxylic acid groups (broad SMARTS) is 1. The number of carbonyl (C=O) groups is 8. The second-order valence-electron chi connectivity index (χ2n) is 17.2. The molecule has 4 aliphatic rings. The Bertz CT molecular complexity index is 1760. The van der Waals surface area contributed by atoms with Gasteiger partial charge in [-0.1, -0.05) is 12.7 Å². The highest BCUT2D eigenvalue weighted by atomic mass is 16.6. The van der Waals surface area contributed by atoms with Crippen molar-refractivity contribution in [1.82, 2.24) is 30.7 Å². The molecule has 0 spiro atoms. The molecule has 3 N–H and O–H groups in total. The minimum Gasteiger partial charge on any atom is -0.478 e. The Labute approximate surface area is 331 Å². The summed E-state index contributed by atoms with van der Waals surface area (Å²) in [6.07, 6.45) is -0.130. The normalized spacial score (nSPS) is 20.0. The third-order valence-electron chi connectivity index (χ3n) is 7.45. The first-order chi connectivity index (χ1) is 25.9.